The van der Waals surface area contributed by atoms with Gasteiger partial charge >= 0.3 is 0 Å². The molecule has 1 nitrogen and oxygen atoms in total. The summed E-state index contributed by atoms with van der Waals surface area (Å²) >= 11 is 6.12. The first-order valence-corrected chi connectivity index (χ1v) is 4.85. The Kier molecular flexibility index (Phi) is 3.52. The van der Waals surface area contributed by atoms with E-state index in [1.54, 1.807) is 19.2 Å². The average molecular weight is 295 g/mol. The van der Waals surface area contributed by atoms with Crippen LogP contribution in [0.5, 0.6) is 0 Å². The van der Waals surface area contributed by atoms with Crippen LogP contribution in [-0.2, 0) is 0 Å². The Morgan fingerprint density at radius 2 is 2.25 bits per heavy atom. The van der Waals surface area contributed by atoms with Gasteiger partial charge in [0.1, 0.15) is 5.82 Å². The van der Waals surface area contributed by atoms with Gasteiger partial charge in [0, 0.05) is 9.78 Å². The molecule has 1 rings (SSSR count). The lowest BCUT2D eigenvalue weighted by Gasteiger charge is -2.02. The normalized spacial score (nSPS) is 11.0. The summed E-state index contributed by atoms with van der Waals surface area (Å²) < 4.78 is 13.8. The number of hydrogen-bond donors (Lipinski definition) is 1. The second kappa shape index (κ2) is 4.23. The van der Waals surface area contributed by atoms with Crippen molar-refractivity contribution >= 4 is 47.1 Å². The molecule has 0 radical (unpaired) electrons. The van der Waals surface area contributed by atoms with Crippen LogP contribution in [0.1, 0.15) is 6.92 Å². The Labute approximate surface area is 89.6 Å². The van der Waals surface area contributed by atoms with Crippen molar-refractivity contribution in [3.63, 3.8) is 0 Å². The molecule has 0 aromatic heterocycles. The predicted molar refractivity (Wildman–Crippen MR) is 60.2 cm³/mol. The van der Waals surface area contributed by atoms with Crippen LogP contribution >= 0.6 is 35.2 Å². The molecular weight excluding hydrogens is 288 g/mol. The molecule has 1 aromatic carbocycles. The lowest BCUT2D eigenvalue weighted by atomic mass is 10.3. The van der Waals surface area contributed by atoms with E-state index < -0.39 is 0 Å². The third-order valence-corrected chi connectivity index (χ3v) is 2.61. The highest BCUT2D eigenvalue weighted by Crippen LogP contribution is 2.30. The van der Waals surface area contributed by atoms with Crippen molar-refractivity contribution in [2.45, 2.75) is 11.8 Å². The van der Waals surface area contributed by atoms with Gasteiger partial charge in [0.15, 0.2) is 0 Å². The van der Waals surface area contributed by atoms with Crippen molar-refractivity contribution in [2.24, 2.45) is 4.99 Å². The summed E-state index contributed by atoms with van der Waals surface area (Å²) in [5, 5.41) is 0. The number of thiol groups is 1. The zero-order valence-electron chi connectivity index (χ0n) is 6.38. The molecule has 0 saturated carbocycles. The van der Waals surface area contributed by atoms with Gasteiger partial charge in [-0.15, -0.1) is 12.6 Å². The minimum absolute atomic E-state index is 0.306. The van der Waals surface area contributed by atoms with Gasteiger partial charge in [-0.25, -0.2) is 4.39 Å². The summed E-state index contributed by atoms with van der Waals surface area (Å²) in [6.07, 6.45) is 1.62. The predicted octanol–water partition coefficient (Wildman–Crippen LogP) is 3.44. The number of halogens is 2. The van der Waals surface area contributed by atoms with Gasteiger partial charge in [0.05, 0.1) is 10.6 Å². The summed E-state index contributed by atoms with van der Waals surface area (Å²) in [7, 11) is 0. The zero-order chi connectivity index (χ0) is 9.14. The van der Waals surface area contributed by atoms with E-state index in [-0.39, 0.29) is 5.82 Å². The standard InChI is InChI=1S/C8H7FINS/c1-2-11-7-6(10)4-3-5(9)8(7)12/h2-4,12H,1H3/b11-2-. The fourth-order valence-corrected chi connectivity index (χ4v) is 1.84. The molecular formula is C8H7FINS. The number of rotatable bonds is 1. The summed E-state index contributed by atoms with van der Waals surface area (Å²) in [4.78, 5) is 4.32. The highest BCUT2D eigenvalue weighted by Gasteiger charge is 2.06. The molecule has 4 heteroatoms. The van der Waals surface area contributed by atoms with Crippen molar-refractivity contribution in [2.75, 3.05) is 0 Å². The van der Waals surface area contributed by atoms with E-state index in [1.807, 2.05) is 0 Å². The van der Waals surface area contributed by atoms with Crippen LogP contribution in [0.3, 0.4) is 0 Å². The Balaban J connectivity index is 3.32. The highest BCUT2D eigenvalue weighted by atomic mass is 127. The lowest BCUT2D eigenvalue weighted by Crippen LogP contribution is -1.82. The Bertz CT molecular complexity index is 325. The van der Waals surface area contributed by atoms with Gasteiger partial charge in [-0.1, -0.05) is 0 Å². The summed E-state index contributed by atoms with van der Waals surface area (Å²) in [6.45, 7) is 1.79. The van der Waals surface area contributed by atoms with Crippen LogP contribution in [0.25, 0.3) is 0 Å². The SMILES string of the molecule is C/C=N\c1c(I)ccc(F)c1S. The molecule has 0 N–H and O–H groups in total. The van der Waals surface area contributed by atoms with Crippen molar-refractivity contribution in [3.05, 3.63) is 21.5 Å². The monoisotopic (exact) mass is 295 g/mol. The first kappa shape index (κ1) is 9.98. The molecule has 0 saturated heterocycles. The molecule has 0 amide bonds. The Hall–Kier alpha value is -0.100. The van der Waals surface area contributed by atoms with Crippen LogP contribution < -0.4 is 0 Å². The van der Waals surface area contributed by atoms with Crippen molar-refractivity contribution in [1.29, 1.82) is 0 Å². The first-order valence-electron chi connectivity index (χ1n) is 3.32. The molecule has 0 aliphatic carbocycles. The number of nitrogens with zero attached hydrogens (tertiary/aromatic N) is 1. The molecule has 64 valence electrons. The molecule has 0 aliphatic heterocycles. The number of benzene rings is 1. The van der Waals surface area contributed by atoms with Crippen molar-refractivity contribution in [1.82, 2.24) is 0 Å². The van der Waals surface area contributed by atoms with Gasteiger partial charge in [0.25, 0.3) is 0 Å². The van der Waals surface area contributed by atoms with Gasteiger partial charge < -0.3 is 0 Å². The van der Waals surface area contributed by atoms with Crippen LogP contribution in [0.4, 0.5) is 10.1 Å². The maximum Gasteiger partial charge on any atom is 0.138 e. The topological polar surface area (TPSA) is 12.4 Å². The van der Waals surface area contributed by atoms with Gasteiger partial charge in [-0.3, -0.25) is 4.99 Å². The summed E-state index contributed by atoms with van der Waals surface area (Å²) in [5.74, 6) is -0.334. The first-order chi connectivity index (χ1) is 5.66. The number of hydrogen-bond acceptors (Lipinski definition) is 2. The van der Waals surface area contributed by atoms with E-state index in [9.17, 15) is 4.39 Å². The molecule has 12 heavy (non-hydrogen) atoms. The molecule has 0 fully saturated rings. The fourth-order valence-electron chi connectivity index (χ4n) is 0.782. The van der Waals surface area contributed by atoms with Crippen LogP contribution in [0.2, 0.25) is 0 Å². The van der Waals surface area contributed by atoms with Crippen LogP contribution in [-0.4, -0.2) is 6.21 Å². The molecule has 0 bridgehead atoms. The molecule has 0 atom stereocenters. The molecule has 0 heterocycles. The Morgan fingerprint density at radius 3 is 2.83 bits per heavy atom. The Morgan fingerprint density at radius 1 is 1.58 bits per heavy atom. The lowest BCUT2D eigenvalue weighted by molar-refractivity contribution is 0.603. The summed E-state index contributed by atoms with van der Waals surface area (Å²) in [5.41, 5.74) is 0.599. The molecule has 0 aliphatic rings. The summed E-state index contributed by atoms with van der Waals surface area (Å²) in [6, 6.07) is 3.07. The maximum absolute atomic E-state index is 12.9. The van der Waals surface area contributed by atoms with Gasteiger partial charge in [0.2, 0.25) is 0 Å². The van der Waals surface area contributed by atoms with Gasteiger partial charge in [-0.05, 0) is 41.6 Å². The highest BCUT2D eigenvalue weighted by molar-refractivity contribution is 14.1. The van der Waals surface area contributed by atoms with E-state index in [0.29, 0.717) is 10.6 Å². The van der Waals surface area contributed by atoms with Crippen LogP contribution in [0, 0.1) is 9.39 Å². The molecule has 1 aromatic rings. The fraction of sp³-hybridized carbons (Fsp3) is 0.125. The minimum atomic E-state index is -0.334. The quantitative estimate of drug-likeness (QED) is 0.463. The maximum atomic E-state index is 12.9. The molecule has 0 spiro atoms. The molecule has 0 unspecified atom stereocenters. The van der Waals surface area contributed by atoms with E-state index in [2.05, 4.69) is 40.2 Å². The van der Waals surface area contributed by atoms with Crippen molar-refractivity contribution in [3.8, 4) is 0 Å². The largest absolute Gasteiger partial charge is 0.259 e. The third kappa shape index (κ3) is 1.98. The third-order valence-electron chi connectivity index (χ3n) is 1.31. The number of aliphatic imine (C=N–C) groups is 1. The second-order valence-electron chi connectivity index (χ2n) is 2.11. The van der Waals surface area contributed by atoms with E-state index in [4.69, 9.17) is 0 Å². The van der Waals surface area contributed by atoms with E-state index in [0.717, 1.165) is 3.57 Å². The second-order valence-corrected chi connectivity index (χ2v) is 3.72. The minimum Gasteiger partial charge on any atom is -0.259 e. The average Bonchev–Trinajstić information content (AvgIpc) is 2.06. The van der Waals surface area contributed by atoms with Crippen molar-refractivity contribution < 1.29 is 4.39 Å². The smallest absolute Gasteiger partial charge is 0.138 e. The van der Waals surface area contributed by atoms with Gasteiger partial charge in [-0.2, -0.15) is 0 Å². The van der Waals surface area contributed by atoms with E-state index >= 15 is 0 Å². The zero-order valence-corrected chi connectivity index (χ0v) is 9.43. The van der Waals surface area contributed by atoms with Crippen LogP contribution in [0.15, 0.2) is 22.0 Å². The van der Waals surface area contributed by atoms with E-state index in [1.165, 1.54) is 6.07 Å².